The Hall–Kier alpha value is -0.630. The van der Waals surface area contributed by atoms with Gasteiger partial charge in [0.15, 0.2) is 0 Å². The minimum Gasteiger partial charge on any atom is -0.398 e. The molecule has 0 radical (unpaired) electrons. The smallest absolute Gasteiger partial charge is 0.252 e. The molecule has 1 aromatic heterocycles. The third-order valence-electron chi connectivity index (χ3n) is 4.30. The lowest BCUT2D eigenvalue weighted by atomic mass is 10.1. The molecule has 2 saturated heterocycles. The number of rotatable bonds is 2. The number of hydrogen-bond acceptors (Lipinski definition) is 5. The van der Waals surface area contributed by atoms with Crippen LogP contribution >= 0.6 is 11.3 Å². The second-order valence-electron chi connectivity index (χ2n) is 5.40. The summed E-state index contributed by atoms with van der Waals surface area (Å²) < 4.78 is 27.2. The predicted octanol–water partition coefficient (Wildman–Crippen LogP) is 1.19. The molecule has 0 aliphatic carbocycles. The molecular formula is C12H19N3O2S2. The van der Waals surface area contributed by atoms with E-state index < -0.39 is 10.0 Å². The summed E-state index contributed by atoms with van der Waals surface area (Å²) in [5, 5.41) is 1.68. The highest BCUT2D eigenvalue weighted by molar-refractivity contribution is 7.91. The van der Waals surface area contributed by atoms with Gasteiger partial charge in [0.2, 0.25) is 0 Å². The zero-order valence-corrected chi connectivity index (χ0v) is 12.6. The van der Waals surface area contributed by atoms with Crippen molar-refractivity contribution in [2.75, 3.05) is 25.9 Å². The molecule has 1 aromatic rings. The second kappa shape index (κ2) is 4.73. The maximum absolute atomic E-state index is 12.6. The highest BCUT2D eigenvalue weighted by Gasteiger charge is 2.38. The monoisotopic (exact) mass is 301 g/mol. The van der Waals surface area contributed by atoms with Gasteiger partial charge in [-0.25, -0.2) is 8.42 Å². The quantitative estimate of drug-likeness (QED) is 0.891. The summed E-state index contributed by atoms with van der Waals surface area (Å²) in [7, 11) is -1.25. The second-order valence-corrected chi connectivity index (χ2v) is 8.48. The Morgan fingerprint density at radius 3 is 2.74 bits per heavy atom. The van der Waals surface area contributed by atoms with Crippen molar-refractivity contribution >= 4 is 27.0 Å². The van der Waals surface area contributed by atoms with Crippen LogP contribution in [0.3, 0.4) is 0 Å². The third-order valence-corrected chi connectivity index (χ3v) is 7.60. The Morgan fingerprint density at radius 2 is 2.05 bits per heavy atom. The van der Waals surface area contributed by atoms with E-state index in [2.05, 4.69) is 11.9 Å². The van der Waals surface area contributed by atoms with Crippen molar-refractivity contribution in [3.8, 4) is 0 Å². The van der Waals surface area contributed by atoms with Crippen LogP contribution in [-0.4, -0.2) is 49.8 Å². The van der Waals surface area contributed by atoms with Crippen LogP contribution < -0.4 is 5.73 Å². The van der Waals surface area contributed by atoms with Crippen LogP contribution in [0, 0.1) is 0 Å². The Balaban J connectivity index is 1.86. The molecule has 0 amide bonds. The summed E-state index contributed by atoms with van der Waals surface area (Å²) in [6.45, 7) is 1.22. The molecule has 106 valence electrons. The van der Waals surface area contributed by atoms with Crippen molar-refractivity contribution in [2.24, 2.45) is 0 Å². The number of thiophene rings is 1. The molecule has 2 bridgehead atoms. The number of sulfonamides is 1. The predicted molar refractivity (Wildman–Crippen MR) is 76.7 cm³/mol. The molecule has 0 aromatic carbocycles. The first-order valence-electron chi connectivity index (χ1n) is 6.54. The number of likely N-dealkylation sites (N-methyl/N-ethyl adjacent to an activating group) is 1. The summed E-state index contributed by atoms with van der Waals surface area (Å²) in [5.74, 6) is 0. The highest BCUT2D eigenvalue weighted by atomic mass is 32.2. The van der Waals surface area contributed by atoms with Crippen LogP contribution in [-0.2, 0) is 10.0 Å². The fraction of sp³-hybridized carbons (Fsp3) is 0.667. The molecule has 5 nitrogen and oxygen atoms in total. The first-order valence-corrected chi connectivity index (χ1v) is 8.86. The largest absolute Gasteiger partial charge is 0.398 e. The molecule has 2 N–H and O–H groups in total. The highest BCUT2D eigenvalue weighted by Crippen LogP contribution is 2.32. The van der Waals surface area contributed by atoms with Crippen LogP contribution in [0.1, 0.15) is 19.3 Å². The topological polar surface area (TPSA) is 66.6 Å². The van der Waals surface area contributed by atoms with Crippen LogP contribution in [0.15, 0.2) is 15.7 Å². The molecule has 0 spiro atoms. The minimum atomic E-state index is -3.37. The van der Waals surface area contributed by atoms with Gasteiger partial charge in [-0.15, -0.1) is 11.3 Å². The maximum Gasteiger partial charge on any atom is 0.252 e. The van der Waals surface area contributed by atoms with Gasteiger partial charge in [0.25, 0.3) is 10.0 Å². The van der Waals surface area contributed by atoms with Gasteiger partial charge in [-0.1, -0.05) is 0 Å². The average Bonchev–Trinajstić information content (AvgIpc) is 2.84. The molecule has 2 aliphatic rings. The summed E-state index contributed by atoms with van der Waals surface area (Å²) in [6, 6.07) is 2.46. The van der Waals surface area contributed by atoms with E-state index in [0.717, 1.165) is 12.8 Å². The van der Waals surface area contributed by atoms with Gasteiger partial charge in [-0.2, -0.15) is 4.31 Å². The van der Waals surface area contributed by atoms with Gasteiger partial charge in [-0.3, -0.25) is 4.90 Å². The van der Waals surface area contributed by atoms with E-state index in [1.807, 2.05) is 0 Å². The van der Waals surface area contributed by atoms with Crippen molar-refractivity contribution in [3.05, 3.63) is 11.4 Å². The molecule has 2 fully saturated rings. The molecule has 2 aliphatic heterocycles. The number of nitrogens with two attached hydrogens (primary N) is 1. The van der Waals surface area contributed by atoms with Gasteiger partial charge in [-0.05, 0) is 32.4 Å². The van der Waals surface area contributed by atoms with E-state index in [4.69, 9.17) is 5.73 Å². The number of hydrogen-bond donors (Lipinski definition) is 1. The molecule has 0 saturated carbocycles. The van der Waals surface area contributed by atoms with E-state index in [1.54, 1.807) is 15.8 Å². The summed E-state index contributed by atoms with van der Waals surface area (Å²) in [4.78, 5) is 2.35. The molecule has 19 heavy (non-hydrogen) atoms. The molecule has 3 heterocycles. The lowest BCUT2D eigenvalue weighted by molar-refractivity contribution is 0.247. The van der Waals surface area contributed by atoms with Crippen LogP contribution in [0.4, 0.5) is 5.69 Å². The van der Waals surface area contributed by atoms with E-state index in [0.29, 0.717) is 35.1 Å². The van der Waals surface area contributed by atoms with Crippen LogP contribution in [0.5, 0.6) is 0 Å². The Morgan fingerprint density at radius 1 is 1.32 bits per heavy atom. The maximum atomic E-state index is 12.6. The van der Waals surface area contributed by atoms with E-state index in [1.165, 1.54) is 17.8 Å². The Labute approximate surface area is 118 Å². The number of anilines is 1. The molecule has 2 unspecified atom stereocenters. The summed E-state index contributed by atoms with van der Waals surface area (Å²) in [5.41, 5.74) is 6.16. The lowest BCUT2D eigenvalue weighted by Gasteiger charge is -2.24. The summed E-state index contributed by atoms with van der Waals surface area (Å²) >= 11 is 1.21. The molecule has 3 rings (SSSR count). The standard InChI is InChI=1S/C12H19N3O2S2/c1-14-10-2-3-11(14)7-15(5-4-10)19(16,17)12-6-9(13)8-18-12/h6,8,10-11H,2-5,7,13H2,1H3. The minimum absolute atomic E-state index is 0.361. The molecular weight excluding hydrogens is 282 g/mol. The number of fused-ring (bicyclic) bond motifs is 2. The fourth-order valence-corrected chi connectivity index (χ4v) is 5.81. The Bertz CT molecular complexity index is 569. The zero-order valence-electron chi connectivity index (χ0n) is 10.9. The molecule has 2 atom stereocenters. The van der Waals surface area contributed by atoms with Crippen LogP contribution in [0.25, 0.3) is 0 Å². The van der Waals surface area contributed by atoms with Crippen LogP contribution in [0.2, 0.25) is 0 Å². The van der Waals surface area contributed by atoms with Crippen molar-refractivity contribution in [3.63, 3.8) is 0 Å². The third kappa shape index (κ3) is 2.29. The number of nitrogens with zero attached hydrogens (tertiary/aromatic N) is 2. The van der Waals surface area contributed by atoms with Crippen molar-refractivity contribution in [1.82, 2.24) is 9.21 Å². The van der Waals surface area contributed by atoms with Gasteiger partial charge < -0.3 is 5.73 Å². The van der Waals surface area contributed by atoms with E-state index in [-0.39, 0.29) is 0 Å². The zero-order chi connectivity index (χ0) is 13.6. The van der Waals surface area contributed by atoms with Crippen molar-refractivity contribution in [2.45, 2.75) is 35.6 Å². The first kappa shape index (κ1) is 13.4. The van der Waals surface area contributed by atoms with Gasteiger partial charge in [0.05, 0.1) is 0 Å². The molecule has 7 heteroatoms. The van der Waals surface area contributed by atoms with E-state index >= 15 is 0 Å². The lowest BCUT2D eigenvalue weighted by Crippen LogP contribution is -2.39. The Kier molecular flexibility index (Phi) is 3.33. The average molecular weight is 301 g/mol. The summed E-state index contributed by atoms with van der Waals surface area (Å²) in [6.07, 6.45) is 3.22. The first-order chi connectivity index (χ1) is 8.98. The van der Waals surface area contributed by atoms with Crippen molar-refractivity contribution in [1.29, 1.82) is 0 Å². The van der Waals surface area contributed by atoms with Gasteiger partial charge >= 0.3 is 0 Å². The van der Waals surface area contributed by atoms with Gasteiger partial charge in [0, 0.05) is 36.2 Å². The SMILES string of the molecule is CN1C2CCC1CN(S(=O)(=O)c1cc(N)cs1)CC2. The normalized spacial score (nSPS) is 29.5. The number of nitrogen functional groups attached to an aromatic ring is 1. The van der Waals surface area contributed by atoms with Gasteiger partial charge in [0.1, 0.15) is 4.21 Å². The fourth-order valence-electron chi connectivity index (χ4n) is 3.09. The van der Waals surface area contributed by atoms with E-state index in [9.17, 15) is 8.42 Å². The van der Waals surface area contributed by atoms with Crippen molar-refractivity contribution < 1.29 is 8.42 Å².